The van der Waals surface area contributed by atoms with Crippen molar-refractivity contribution in [3.63, 3.8) is 0 Å². The monoisotopic (exact) mass is 591 g/mol. The minimum atomic E-state index is -5.04. The molecular weight excluding hydrogens is 559 g/mol. The number of carbonyl (C=O) groups is 2. The average molecular weight is 592 g/mol. The molecule has 2 aromatic carbocycles. The fraction of sp³-hybridized carbons (Fsp3) is 0.500. The van der Waals surface area contributed by atoms with Crippen LogP contribution >= 0.6 is 0 Å². The van der Waals surface area contributed by atoms with Crippen LogP contribution in [0.1, 0.15) is 60.0 Å². The van der Waals surface area contributed by atoms with Crippen LogP contribution in [-0.2, 0) is 17.1 Å². The van der Waals surface area contributed by atoms with Crippen LogP contribution < -0.4 is 5.32 Å². The van der Waals surface area contributed by atoms with Gasteiger partial charge in [0.05, 0.1) is 23.3 Å². The Morgan fingerprint density at radius 3 is 2.15 bits per heavy atom. The van der Waals surface area contributed by atoms with Crippen LogP contribution in [0.4, 0.5) is 35.5 Å². The normalized spacial score (nSPS) is 19.5. The molecule has 3 rings (SSSR count). The minimum absolute atomic E-state index is 0.00487. The number of urea groups is 1. The topological polar surface area (TPSA) is 72.9 Å². The summed E-state index contributed by atoms with van der Waals surface area (Å²) in [7, 11) is 1.30. The van der Waals surface area contributed by atoms with Gasteiger partial charge in [-0.2, -0.15) is 26.3 Å². The Morgan fingerprint density at radius 2 is 1.63 bits per heavy atom. The largest absolute Gasteiger partial charge is 0.416 e. The highest BCUT2D eigenvalue weighted by Gasteiger charge is 2.41. The molecule has 2 N–H and O–H groups in total. The Kier molecular flexibility index (Phi) is 9.62. The molecule has 13 heteroatoms. The van der Waals surface area contributed by atoms with E-state index in [1.54, 1.807) is 6.92 Å². The molecule has 0 bridgehead atoms. The third-order valence-corrected chi connectivity index (χ3v) is 7.42. The third-order valence-electron chi connectivity index (χ3n) is 7.42. The summed E-state index contributed by atoms with van der Waals surface area (Å²) in [6.07, 6.45) is -10.7. The zero-order valence-corrected chi connectivity index (χ0v) is 22.9. The molecular formula is C28H32F7N3O3. The molecule has 6 nitrogen and oxygen atoms in total. The van der Waals surface area contributed by atoms with Gasteiger partial charge in [0.25, 0.3) is 0 Å². The van der Waals surface area contributed by atoms with Gasteiger partial charge >= 0.3 is 18.4 Å². The maximum Gasteiger partial charge on any atom is 0.416 e. The van der Waals surface area contributed by atoms with Crippen molar-refractivity contribution in [2.45, 2.75) is 57.6 Å². The van der Waals surface area contributed by atoms with Gasteiger partial charge in [-0.05, 0) is 74.2 Å². The van der Waals surface area contributed by atoms with Crippen LogP contribution in [0.2, 0.25) is 0 Å². The van der Waals surface area contributed by atoms with Gasteiger partial charge in [-0.15, -0.1) is 0 Å². The van der Waals surface area contributed by atoms with Crippen LogP contribution in [0.25, 0.3) is 0 Å². The van der Waals surface area contributed by atoms with Crippen LogP contribution in [0.15, 0.2) is 36.4 Å². The number of alkyl halides is 6. The van der Waals surface area contributed by atoms with Crippen molar-refractivity contribution >= 4 is 11.9 Å². The van der Waals surface area contributed by atoms with E-state index in [-0.39, 0.29) is 37.7 Å². The third kappa shape index (κ3) is 7.69. The van der Waals surface area contributed by atoms with Crippen molar-refractivity contribution in [3.8, 4) is 0 Å². The van der Waals surface area contributed by atoms with Crippen LogP contribution in [-0.4, -0.2) is 59.6 Å². The van der Waals surface area contributed by atoms with Gasteiger partial charge in [-0.25, -0.2) is 9.18 Å². The molecule has 41 heavy (non-hydrogen) atoms. The number of aliphatic hydroxyl groups excluding tert-OH is 1. The molecule has 1 aliphatic rings. The maximum absolute atomic E-state index is 13.9. The first kappa shape index (κ1) is 32.2. The molecule has 1 aliphatic heterocycles. The van der Waals surface area contributed by atoms with E-state index >= 15 is 0 Å². The summed E-state index contributed by atoms with van der Waals surface area (Å²) in [6, 6.07) is 3.57. The average Bonchev–Trinajstić information content (AvgIpc) is 2.89. The molecule has 0 unspecified atom stereocenters. The first-order valence-corrected chi connectivity index (χ1v) is 12.9. The summed E-state index contributed by atoms with van der Waals surface area (Å²) in [6.45, 7) is 4.63. The Morgan fingerprint density at radius 1 is 1.05 bits per heavy atom. The van der Waals surface area contributed by atoms with E-state index in [4.69, 9.17) is 0 Å². The lowest BCUT2D eigenvalue weighted by molar-refractivity contribution is -0.143. The number of likely N-dealkylation sites (tertiary alicyclic amines) is 1. The van der Waals surface area contributed by atoms with E-state index in [0.717, 1.165) is 4.90 Å². The fourth-order valence-electron chi connectivity index (χ4n) is 5.05. The van der Waals surface area contributed by atoms with Crippen molar-refractivity contribution in [2.24, 2.45) is 5.92 Å². The molecule has 0 spiro atoms. The van der Waals surface area contributed by atoms with Crippen LogP contribution in [0.5, 0.6) is 0 Å². The molecule has 1 saturated heterocycles. The molecule has 226 valence electrons. The standard InChI is InChI=1S/C28H32F7N3O3/c1-15-9-21(29)5-6-22(15)24-14-38(26(41)36-13-16(2)39)8-7-23(24)25(40)37(4)17(3)18-10-19(27(30,31)32)12-20(11-18)28(33,34)35/h5-6,9-12,16-17,23-24,39H,7-8,13-14H2,1-4H3,(H,36,41)/t16-,17+,23+,24-/m1/s1. The summed E-state index contributed by atoms with van der Waals surface area (Å²) in [5.41, 5.74) is -2.20. The predicted molar refractivity (Wildman–Crippen MR) is 136 cm³/mol. The summed E-state index contributed by atoms with van der Waals surface area (Å²) >= 11 is 0. The lowest BCUT2D eigenvalue weighted by Crippen LogP contribution is -2.51. The van der Waals surface area contributed by atoms with Gasteiger partial charge in [0.1, 0.15) is 5.82 Å². The van der Waals surface area contributed by atoms with Crippen LogP contribution in [0, 0.1) is 18.7 Å². The number of rotatable bonds is 6. The van der Waals surface area contributed by atoms with Gasteiger partial charge in [0.2, 0.25) is 5.91 Å². The van der Waals surface area contributed by atoms with E-state index in [2.05, 4.69) is 5.32 Å². The highest BCUT2D eigenvalue weighted by molar-refractivity contribution is 5.81. The number of halogens is 7. The van der Waals surface area contributed by atoms with Gasteiger partial charge in [0, 0.05) is 38.5 Å². The molecule has 1 fully saturated rings. The number of piperidine rings is 1. The van der Waals surface area contributed by atoms with Crippen molar-refractivity contribution in [2.75, 3.05) is 26.7 Å². The second-order valence-electron chi connectivity index (χ2n) is 10.4. The smallest absolute Gasteiger partial charge is 0.392 e. The molecule has 1 heterocycles. The van der Waals surface area contributed by atoms with Crippen molar-refractivity contribution in [3.05, 3.63) is 70.0 Å². The Hall–Kier alpha value is -3.35. The zero-order chi connectivity index (χ0) is 30.9. The number of aliphatic hydroxyl groups is 1. The van der Waals surface area contributed by atoms with Crippen LogP contribution in [0.3, 0.4) is 0 Å². The molecule has 0 radical (unpaired) electrons. The number of hydrogen-bond acceptors (Lipinski definition) is 3. The molecule has 0 saturated carbocycles. The first-order chi connectivity index (χ1) is 18.9. The molecule has 0 aromatic heterocycles. The number of aryl methyl sites for hydroxylation is 1. The summed E-state index contributed by atoms with van der Waals surface area (Å²) in [5.74, 6) is -2.50. The van der Waals surface area contributed by atoms with Gasteiger partial charge in [-0.3, -0.25) is 4.79 Å². The van der Waals surface area contributed by atoms with E-state index in [1.165, 1.54) is 44.0 Å². The highest BCUT2D eigenvalue weighted by Crippen LogP contribution is 2.40. The maximum atomic E-state index is 13.9. The molecule has 4 atom stereocenters. The number of carbonyl (C=O) groups excluding carboxylic acids is 2. The lowest BCUT2D eigenvalue weighted by atomic mass is 9.78. The molecule has 3 amide bonds. The Bertz CT molecular complexity index is 1230. The van der Waals surface area contributed by atoms with Gasteiger partial charge < -0.3 is 20.2 Å². The molecule has 2 aromatic rings. The minimum Gasteiger partial charge on any atom is -0.392 e. The summed E-state index contributed by atoms with van der Waals surface area (Å²) < 4.78 is 94.5. The fourth-order valence-corrected chi connectivity index (χ4v) is 5.05. The first-order valence-electron chi connectivity index (χ1n) is 12.9. The van der Waals surface area contributed by atoms with Gasteiger partial charge in [-0.1, -0.05) is 6.07 Å². The number of nitrogens with one attached hydrogen (secondary N) is 1. The lowest BCUT2D eigenvalue weighted by Gasteiger charge is -2.41. The van der Waals surface area contributed by atoms with E-state index in [0.29, 0.717) is 23.3 Å². The van der Waals surface area contributed by atoms with E-state index < -0.39 is 65.2 Å². The van der Waals surface area contributed by atoms with Crippen molar-refractivity contribution in [1.82, 2.24) is 15.1 Å². The molecule has 0 aliphatic carbocycles. The quantitative estimate of drug-likeness (QED) is 0.412. The Labute approximate surface area is 233 Å². The number of hydrogen-bond donors (Lipinski definition) is 2. The summed E-state index contributed by atoms with van der Waals surface area (Å²) in [5, 5.41) is 12.1. The van der Waals surface area contributed by atoms with E-state index in [1.807, 2.05) is 0 Å². The SMILES string of the molecule is Cc1cc(F)ccc1[C@H]1CN(C(=O)NC[C@@H](C)O)CC[C@@H]1C(=O)N(C)[C@@H](C)c1cc(C(F)(F)F)cc(C(F)(F)F)c1. The number of benzene rings is 2. The van der Waals surface area contributed by atoms with Crippen molar-refractivity contribution in [1.29, 1.82) is 0 Å². The van der Waals surface area contributed by atoms with E-state index in [9.17, 15) is 45.4 Å². The van der Waals surface area contributed by atoms with Gasteiger partial charge in [0.15, 0.2) is 0 Å². The number of amides is 3. The van der Waals surface area contributed by atoms with Crippen molar-refractivity contribution < 1.29 is 45.4 Å². The second kappa shape index (κ2) is 12.3. The Balaban J connectivity index is 1.95. The summed E-state index contributed by atoms with van der Waals surface area (Å²) in [4.78, 5) is 29.1. The number of nitrogens with zero attached hydrogens (tertiary/aromatic N) is 2. The predicted octanol–water partition coefficient (Wildman–Crippen LogP) is 5.89. The second-order valence-corrected chi connectivity index (χ2v) is 10.4. The highest BCUT2D eigenvalue weighted by atomic mass is 19.4. The zero-order valence-electron chi connectivity index (χ0n) is 22.9.